The summed E-state index contributed by atoms with van der Waals surface area (Å²) >= 11 is 0. The summed E-state index contributed by atoms with van der Waals surface area (Å²) in [7, 11) is 0. The van der Waals surface area contributed by atoms with Crippen molar-refractivity contribution in [3.63, 3.8) is 0 Å². The Bertz CT molecular complexity index is 864. The van der Waals surface area contributed by atoms with Gasteiger partial charge < -0.3 is 9.32 Å². The van der Waals surface area contributed by atoms with Crippen molar-refractivity contribution in [3.05, 3.63) is 77.6 Å². The Balaban J connectivity index is 0.000000815. The van der Waals surface area contributed by atoms with Crippen LogP contribution in [-0.2, 0) is 6.54 Å². The van der Waals surface area contributed by atoms with Gasteiger partial charge in [0.1, 0.15) is 0 Å². The first-order valence-corrected chi connectivity index (χ1v) is 8.29. The number of furan rings is 1. The predicted molar refractivity (Wildman–Crippen MR) is 97.2 cm³/mol. The molecule has 1 aliphatic heterocycles. The minimum Gasteiger partial charge on any atom is -0.462 e. The molecule has 1 amide bonds. The maximum Gasteiger partial charge on any atom is 0.258 e. The summed E-state index contributed by atoms with van der Waals surface area (Å²) in [5.41, 5.74) is 4.72. The highest BCUT2D eigenvalue weighted by Crippen LogP contribution is 2.40. The number of amides is 1. The maximum atomic E-state index is 13.0. The van der Waals surface area contributed by atoms with Crippen molar-refractivity contribution >= 4 is 11.6 Å². The summed E-state index contributed by atoms with van der Waals surface area (Å²) in [4.78, 5) is 14.8. The van der Waals surface area contributed by atoms with Crippen LogP contribution in [0.5, 0.6) is 0 Å². The third-order valence-electron chi connectivity index (χ3n) is 4.15. The molecular weight excluding hydrogens is 298 g/mol. The molecule has 1 aromatic heterocycles. The molecule has 3 heteroatoms. The summed E-state index contributed by atoms with van der Waals surface area (Å²) in [5.74, 6) is 0.777. The van der Waals surface area contributed by atoms with Gasteiger partial charge in [-0.3, -0.25) is 4.79 Å². The van der Waals surface area contributed by atoms with Gasteiger partial charge in [0.2, 0.25) is 0 Å². The van der Waals surface area contributed by atoms with E-state index in [9.17, 15) is 4.79 Å². The highest BCUT2D eigenvalue weighted by atomic mass is 16.3. The topological polar surface area (TPSA) is 33.5 Å². The highest BCUT2D eigenvalue weighted by molar-refractivity contribution is 6.09. The number of hydrogen-bond acceptors (Lipinski definition) is 2. The largest absolute Gasteiger partial charge is 0.462 e. The Morgan fingerprint density at radius 1 is 1.00 bits per heavy atom. The van der Waals surface area contributed by atoms with Crippen LogP contribution in [0.25, 0.3) is 11.3 Å². The third-order valence-corrected chi connectivity index (χ3v) is 4.15. The molecule has 4 rings (SSSR count). The van der Waals surface area contributed by atoms with Gasteiger partial charge in [-0.2, -0.15) is 0 Å². The van der Waals surface area contributed by atoms with Crippen molar-refractivity contribution in [2.24, 2.45) is 0 Å². The molecule has 0 atom stereocenters. The molecule has 3 aromatic rings. The molecule has 1 aliphatic rings. The van der Waals surface area contributed by atoms with Crippen molar-refractivity contribution in [2.75, 3.05) is 4.90 Å². The van der Waals surface area contributed by atoms with Gasteiger partial charge in [0.05, 0.1) is 18.5 Å². The number of benzene rings is 2. The first-order valence-electron chi connectivity index (χ1n) is 8.29. The predicted octanol–water partition coefficient (Wildman–Crippen LogP) is 5.44. The number of aryl methyl sites for hydroxylation is 1. The molecule has 2 heterocycles. The number of fused-ring (bicyclic) bond motifs is 3. The third kappa shape index (κ3) is 2.62. The molecule has 0 bridgehead atoms. The Labute approximate surface area is 142 Å². The van der Waals surface area contributed by atoms with Crippen LogP contribution in [0, 0.1) is 6.92 Å². The van der Waals surface area contributed by atoms with Gasteiger partial charge in [-0.1, -0.05) is 56.3 Å². The number of carbonyl (C=O) groups is 1. The number of nitrogens with zero attached hydrogens (tertiary/aromatic N) is 1. The number of rotatable bonds is 1. The smallest absolute Gasteiger partial charge is 0.258 e. The van der Waals surface area contributed by atoms with E-state index in [0.717, 1.165) is 33.7 Å². The molecule has 0 saturated heterocycles. The van der Waals surface area contributed by atoms with E-state index >= 15 is 0 Å². The van der Waals surface area contributed by atoms with E-state index in [0.29, 0.717) is 6.54 Å². The number of hydrogen-bond donors (Lipinski definition) is 0. The number of carbonyl (C=O) groups excluding carboxylic acids is 1. The van der Waals surface area contributed by atoms with Gasteiger partial charge >= 0.3 is 0 Å². The summed E-state index contributed by atoms with van der Waals surface area (Å²) < 4.78 is 5.64. The minimum absolute atomic E-state index is 0.00949. The van der Waals surface area contributed by atoms with Crippen LogP contribution in [0.2, 0.25) is 0 Å². The standard InChI is InChI=1S/C19H15NO2.C2H6/c1-13-6-2-4-8-15(13)19(21)20-12-14-7-3-5-9-16(14)18-17(20)10-11-22-18;1-2/h2-11H,12H2,1H3;1-2H3. The summed E-state index contributed by atoms with van der Waals surface area (Å²) in [5, 5.41) is 0. The second-order valence-corrected chi connectivity index (χ2v) is 5.50. The fourth-order valence-corrected chi connectivity index (χ4v) is 2.99. The van der Waals surface area contributed by atoms with Crippen LogP contribution < -0.4 is 4.90 Å². The van der Waals surface area contributed by atoms with E-state index in [2.05, 4.69) is 0 Å². The molecule has 0 unspecified atom stereocenters. The lowest BCUT2D eigenvalue weighted by Gasteiger charge is -2.28. The molecular formula is C21H21NO2. The van der Waals surface area contributed by atoms with E-state index in [4.69, 9.17) is 4.42 Å². The van der Waals surface area contributed by atoms with E-state index in [1.165, 1.54) is 0 Å². The van der Waals surface area contributed by atoms with Gasteiger partial charge in [-0.05, 0) is 24.1 Å². The first-order chi connectivity index (χ1) is 11.8. The molecule has 0 radical (unpaired) electrons. The summed E-state index contributed by atoms with van der Waals surface area (Å²) in [6.07, 6.45) is 1.64. The van der Waals surface area contributed by atoms with Crippen LogP contribution in [-0.4, -0.2) is 5.91 Å². The van der Waals surface area contributed by atoms with Crippen LogP contribution in [0.15, 0.2) is 65.3 Å². The van der Waals surface area contributed by atoms with Gasteiger partial charge in [0.25, 0.3) is 5.91 Å². The van der Waals surface area contributed by atoms with Crippen LogP contribution in [0.4, 0.5) is 5.69 Å². The van der Waals surface area contributed by atoms with Gasteiger partial charge in [-0.25, -0.2) is 0 Å². The Hall–Kier alpha value is -2.81. The minimum atomic E-state index is 0.00949. The lowest BCUT2D eigenvalue weighted by Crippen LogP contribution is -2.33. The molecule has 24 heavy (non-hydrogen) atoms. The molecule has 0 N–H and O–H groups in total. The average Bonchev–Trinajstić information content (AvgIpc) is 3.13. The molecule has 3 nitrogen and oxygen atoms in total. The zero-order chi connectivity index (χ0) is 17.1. The molecule has 0 fully saturated rings. The van der Waals surface area contributed by atoms with E-state index in [1.807, 2.05) is 75.4 Å². The Kier molecular flexibility index (Phi) is 4.52. The Morgan fingerprint density at radius 3 is 2.50 bits per heavy atom. The quantitative estimate of drug-likeness (QED) is 0.598. The van der Waals surface area contributed by atoms with Crippen LogP contribution in [0.1, 0.15) is 35.3 Å². The SMILES string of the molecule is CC.Cc1ccccc1C(=O)N1Cc2ccccc2-c2occc21. The Morgan fingerprint density at radius 2 is 1.71 bits per heavy atom. The molecule has 0 saturated carbocycles. The van der Waals surface area contributed by atoms with Crippen LogP contribution >= 0.6 is 0 Å². The fraction of sp³-hybridized carbons (Fsp3) is 0.190. The van der Waals surface area contributed by atoms with Crippen molar-refractivity contribution in [1.29, 1.82) is 0 Å². The van der Waals surface area contributed by atoms with Gasteiger partial charge in [-0.15, -0.1) is 0 Å². The molecule has 0 aliphatic carbocycles. The highest BCUT2D eigenvalue weighted by Gasteiger charge is 2.29. The number of anilines is 1. The van der Waals surface area contributed by atoms with Crippen molar-refractivity contribution in [1.82, 2.24) is 0 Å². The van der Waals surface area contributed by atoms with Gasteiger partial charge in [0.15, 0.2) is 5.76 Å². The lowest BCUT2D eigenvalue weighted by atomic mass is 9.98. The normalized spacial score (nSPS) is 11.9. The summed E-state index contributed by atoms with van der Waals surface area (Å²) in [6, 6.07) is 17.6. The van der Waals surface area contributed by atoms with Gasteiger partial charge in [0, 0.05) is 17.2 Å². The average molecular weight is 319 g/mol. The van der Waals surface area contributed by atoms with Crippen molar-refractivity contribution < 1.29 is 9.21 Å². The second-order valence-electron chi connectivity index (χ2n) is 5.50. The van der Waals surface area contributed by atoms with E-state index in [-0.39, 0.29) is 5.91 Å². The first kappa shape index (κ1) is 16.1. The molecule has 0 spiro atoms. The van der Waals surface area contributed by atoms with E-state index in [1.54, 1.807) is 11.2 Å². The molecule has 2 aromatic carbocycles. The second kappa shape index (κ2) is 6.75. The van der Waals surface area contributed by atoms with Crippen LogP contribution in [0.3, 0.4) is 0 Å². The monoisotopic (exact) mass is 319 g/mol. The van der Waals surface area contributed by atoms with E-state index < -0.39 is 0 Å². The lowest BCUT2D eigenvalue weighted by molar-refractivity contribution is 0.0984. The zero-order valence-electron chi connectivity index (χ0n) is 14.2. The fourth-order valence-electron chi connectivity index (χ4n) is 2.99. The van der Waals surface area contributed by atoms with Crippen molar-refractivity contribution in [3.8, 4) is 11.3 Å². The summed E-state index contributed by atoms with van der Waals surface area (Å²) in [6.45, 7) is 6.53. The maximum absolute atomic E-state index is 13.0. The van der Waals surface area contributed by atoms with Crippen molar-refractivity contribution in [2.45, 2.75) is 27.3 Å². The molecule has 122 valence electrons. The zero-order valence-corrected chi connectivity index (χ0v) is 14.2.